The smallest absolute Gasteiger partial charge is 0.158 e. The van der Waals surface area contributed by atoms with Gasteiger partial charge >= 0.3 is 0 Å². The fraction of sp³-hybridized carbons (Fsp3) is 0.692. The van der Waals surface area contributed by atoms with E-state index in [1.807, 2.05) is 6.07 Å². The Morgan fingerprint density at radius 1 is 1.42 bits per heavy atom. The summed E-state index contributed by atoms with van der Waals surface area (Å²) < 4.78 is 5.07. The Labute approximate surface area is 114 Å². The first-order valence-corrected chi connectivity index (χ1v) is 6.65. The van der Waals surface area contributed by atoms with E-state index in [2.05, 4.69) is 34.6 Å². The molecule has 1 atom stereocenters. The molecule has 1 unspecified atom stereocenters. The predicted molar refractivity (Wildman–Crippen MR) is 75.6 cm³/mol. The van der Waals surface area contributed by atoms with E-state index in [-0.39, 0.29) is 0 Å². The van der Waals surface area contributed by atoms with Crippen molar-refractivity contribution in [1.82, 2.24) is 9.97 Å². The summed E-state index contributed by atoms with van der Waals surface area (Å²) in [4.78, 5) is 8.70. The number of hydrogen-bond donors (Lipinski definition) is 3. The Kier molecular flexibility index (Phi) is 4.21. The molecule has 6 heteroatoms. The molecule has 1 aromatic rings. The highest BCUT2D eigenvalue weighted by molar-refractivity contribution is 5.47. The van der Waals surface area contributed by atoms with Crippen LogP contribution in [-0.2, 0) is 11.3 Å². The number of rotatable bonds is 5. The van der Waals surface area contributed by atoms with Crippen molar-refractivity contribution in [1.29, 1.82) is 0 Å². The van der Waals surface area contributed by atoms with Gasteiger partial charge in [-0.1, -0.05) is 20.3 Å². The highest BCUT2D eigenvalue weighted by Gasteiger charge is 2.34. The lowest BCUT2D eigenvalue weighted by Gasteiger charge is -2.28. The molecule has 1 aliphatic rings. The molecule has 0 spiro atoms. The summed E-state index contributed by atoms with van der Waals surface area (Å²) in [6.45, 7) is 4.95. The van der Waals surface area contributed by atoms with Crippen LogP contribution in [0, 0.1) is 5.41 Å². The third-order valence-electron chi connectivity index (χ3n) is 3.77. The number of aromatic nitrogens is 2. The molecule has 19 heavy (non-hydrogen) atoms. The normalized spacial score (nSPS) is 21.4. The molecule has 0 bridgehead atoms. The molecular weight excluding hydrogens is 242 g/mol. The topological polar surface area (TPSA) is 85.1 Å². The van der Waals surface area contributed by atoms with Gasteiger partial charge in [0, 0.05) is 19.2 Å². The SMILES string of the molecule is COCc1nc(NN)cc(NC2CCCC2(C)C)n1. The maximum atomic E-state index is 5.44. The van der Waals surface area contributed by atoms with Crippen molar-refractivity contribution in [2.75, 3.05) is 17.9 Å². The monoisotopic (exact) mass is 265 g/mol. The highest BCUT2D eigenvalue weighted by atomic mass is 16.5. The van der Waals surface area contributed by atoms with Crippen LogP contribution in [0.25, 0.3) is 0 Å². The second kappa shape index (κ2) is 5.71. The number of nitrogens with one attached hydrogen (secondary N) is 2. The molecule has 1 fully saturated rings. The van der Waals surface area contributed by atoms with E-state index in [0.717, 1.165) is 5.82 Å². The molecule has 0 amide bonds. The average molecular weight is 265 g/mol. The van der Waals surface area contributed by atoms with Crippen LogP contribution < -0.4 is 16.6 Å². The first-order valence-electron chi connectivity index (χ1n) is 6.65. The number of nitrogen functional groups attached to an aromatic ring is 1. The van der Waals surface area contributed by atoms with Gasteiger partial charge in [-0.3, -0.25) is 0 Å². The lowest BCUT2D eigenvalue weighted by Crippen LogP contribution is -2.31. The summed E-state index contributed by atoms with van der Waals surface area (Å²) >= 11 is 0. The molecule has 1 saturated carbocycles. The van der Waals surface area contributed by atoms with E-state index in [1.165, 1.54) is 19.3 Å². The first-order chi connectivity index (χ1) is 9.05. The number of hydrazine groups is 1. The predicted octanol–water partition coefficient (Wildman–Crippen LogP) is 1.90. The van der Waals surface area contributed by atoms with Crippen LogP contribution in [0.15, 0.2) is 6.07 Å². The summed E-state index contributed by atoms with van der Waals surface area (Å²) in [5.74, 6) is 7.46. The second-order valence-electron chi connectivity index (χ2n) is 5.71. The fourth-order valence-electron chi connectivity index (χ4n) is 2.61. The molecule has 6 nitrogen and oxygen atoms in total. The van der Waals surface area contributed by atoms with Crippen LogP contribution in [-0.4, -0.2) is 23.1 Å². The zero-order valence-electron chi connectivity index (χ0n) is 11.9. The van der Waals surface area contributed by atoms with Crippen molar-refractivity contribution in [2.24, 2.45) is 11.3 Å². The van der Waals surface area contributed by atoms with Gasteiger partial charge in [0.05, 0.1) is 0 Å². The lowest BCUT2D eigenvalue weighted by molar-refractivity contribution is 0.178. The Morgan fingerprint density at radius 3 is 2.74 bits per heavy atom. The van der Waals surface area contributed by atoms with E-state index in [1.54, 1.807) is 7.11 Å². The Hall–Kier alpha value is -1.40. The van der Waals surface area contributed by atoms with Crippen molar-refractivity contribution in [3.05, 3.63) is 11.9 Å². The number of hydrogen-bond acceptors (Lipinski definition) is 6. The number of ether oxygens (including phenoxy) is 1. The second-order valence-corrected chi connectivity index (χ2v) is 5.71. The molecule has 0 aliphatic heterocycles. The van der Waals surface area contributed by atoms with E-state index >= 15 is 0 Å². The van der Waals surface area contributed by atoms with E-state index in [0.29, 0.717) is 29.7 Å². The Balaban J connectivity index is 2.17. The van der Waals surface area contributed by atoms with Crippen molar-refractivity contribution >= 4 is 11.6 Å². The van der Waals surface area contributed by atoms with Crippen LogP contribution in [0.1, 0.15) is 38.9 Å². The Bertz CT molecular complexity index is 435. The minimum Gasteiger partial charge on any atom is -0.377 e. The first kappa shape index (κ1) is 14.0. The molecule has 0 saturated heterocycles. The van der Waals surface area contributed by atoms with Gasteiger partial charge in [0.25, 0.3) is 0 Å². The third-order valence-corrected chi connectivity index (χ3v) is 3.77. The zero-order valence-corrected chi connectivity index (χ0v) is 11.9. The van der Waals surface area contributed by atoms with Gasteiger partial charge in [0.1, 0.15) is 18.2 Å². The van der Waals surface area contributed by atoms with Gasteiger partial charge in [-0.15, -0.1) is 0 Å². The van der Waals surface area contributed by atoms with Gasteiger partial charge < -0.3 is 15.5 Å². The summed E-state index contributed by atoms with van der Waals surface area (Å²) in [6.07, 6.45) is 3.66. The summed E-state index contributed by atoms with van der Waals surface area (Å²) in [5, 5.41) is 3.50. The van der Waals surface area contributed by atoms with Crippen LogP contribution >= 0.6 is 0 Å². The number of methoxy groups -OCH3 is 1. The third kappa shape index (κ3) is 3.33. The molecular formula is C13H23N5O. The fourth-order valence-corrected chi connectivity index (χ4v) is 2.61. The van der Waals surface area contributed by atoms with E-state index in [4.69, 9.17) is 10.6 Å². The van der Waals surface area contributed by atoms with Gasteiger partial charge in [-0.25, -0.2) is 15.8 Å². The number of nitrogens with zero attached hydrogens (tertiary/aromatic N) is 2. The van der Waals surface area contributed by atoms with Crippen molar-refractivity contribution in [2.45, 2.75) is 45.8 Å². The molecule has 0 radical (unpaired) electrons. The van der Waals surface area contributed by atoms with Crippen LogP contribution in [0.4, 0.5) is 11.6 Å². The van der Waals surface area contributed by atoms with Crippen molar-refractivity contribution in [3.63, 3.8) is 0 Å². The molecule has 1 heterocycles. The Morgan fingerprint density at radius 2 is 2.16 bits per heavy atom. The minimum atomic E-state index is 0.294. The van der Waals surface area contributed by atoms with Gasteiger partial charge in [-0.05, 0) is 18.3 Å². The largest absolute Gasteiger partial charge is 0.377 e. The van der Waals surface area contributed by atoms with Gasteiger partial charge in [0.15, 0.2) is 5.82 Å². The van der Waals surface area contributed by atoms with Crippen LogP contribution in [0.5, 0.6) is 0 Å². The molecule has 1 aliphatic carbocycles. The molecule has 106 valence electrons. The maximum Gasteiger partial charge on any atom is 0.158 e. The number of nitrogens with two attached hydrogens (primary N) is 1. The number of anilines is 2. The molecule has 0 aromatic carbocycles. The molecule has 2 rings (SSSR count). The molecule has 1 aromatic heterocycles. The standard InChI is InChI=1S/C13H23N5O/c1-13(2)6-4-5-9(13)15-10-7-11(18-14)17-12(16-10)8-19-3/h7,9H,4-6,8,14H2,1-3H3,(H2,15,16,17,18). The summed E-state index contributed by atoms with van der Waals surface area (Å²) in [7, 11) is 1.62. The molecule has 4 N–H and O–H groups in total. The van der Waals surface area contributed by atoms with Gasteiger partial charge in [0.2, 0.25) is 0 Å². The van der Waals surface area contributed by atoms with Crippen molar-refractivity contribution < 1.29 is 4.74 Å². The van der Waals surface area contributed by atoms with E-state index in [9.17, 15) is 0 Å². The lowest BCUT2D eigenvalue weighted by atomic mass is 9.87. The summed E-state index contributed by atoms with van der Waals surface area (Å²) in [6, 6.07) is 2.26. The average Bonchev–Trinajstić information content (AvgIpc) is 2.69. The highest BCUT2D eigenvalue weighted by Crippen LogP contribution is 2.38. The minimum absolute atomic E-state index is 0.294. The van der Waals surface area contributed by atoms with Crippen molar-refractivity contribution in [3.8, 4) is 0 Å². The summed E-state index contributed by atoms with van der Waals surface area (Å²) in [5.41, 5.74) is 2.86. The quantitative estimate of drug-likeness (QED) is 0.557. The van der Waals surface area contributed by atoms with Gasteiger partial charge in [-0.2, -0.15) is 0 Å². The van der Waals surface area contributed by atoms with Crippen LogP contribution in [0.2, 0.25) is 0 Å². The van der Waals surface area contributed by atoms with E-state index < -0.39 is 0 Å². The van der Waals surface area contributed by atoms with Crippen LogP contribution in [0.3, 0.4) is 0 Å². The maximum absolute atomic E-state index is 5.44. The zero-order chi connectivity index (χ0) is 13.9.